The fourth-order valence-electron chi connectivity index (χ4n) is 5.65. The molecule has 2 heterocycles. The van der Waals surface area contributed by atoms with Gasteiger partial charge in [0, 0.05) is 22.1 Å². The lowest BCUT2D eigenvalue weighted by Gasteiger charge is -2.11. The van der Waals surface area contributed by atoms with Crippen molar-refractivity contribution in [2.75, 3.05) is 0 Å². The van der Waals surface area contributed by atoms with Crippen molar-refractivity contribution in [2.45, 2.75) is 0 Å². The second-order valence-corrected chi connectivity index (χ2v) is 10.9. The van der Waals surface area contributed by atoms with E-state index in [4.69, 9.17) is 15.0 Å². The molecule has 0 amide bonds. The Hall–Kier alpha value is -6.20. The van der Waals surface area contributed by atoms with E-state index in [1.165, 1.54) is 0 Å². The molecule has 0 aliphatic carbocycles. The highest BCUT2D eigenvalue weighted by Crippen LogP contribution is 2.31. The van der Waals surface area contributed by atoms with E-state index in [0.717, 1.165) is 55.5 Å². The van der Waals surface area contributed by atoms with E-state index in [2.05, 4.69) is 90.0 Å². The van der Waals surface area contributed by atoms with Crippen molar-refractivity contribution in [3.05, 3.63) is 164 Å². The molecule has 0 radical (unpaired) electrons. The molecule has 212 valence electrons. The fourth-order valence-corrected chi connectivity index (χ4v) is 5.65. The van der Waals surface area contributed by atoms with Crippen molar-refractivity contribution < 1.29 is 0 Å². The number of fused-ring (bicyclic) bond motifs is 1. The SMILES string of the molecule is c1ccc(-c2nc(-c3ccccc3)nc(-c3cccc(-c4cccc(-c5cccc(-n6ncc7ccccc76)c5)c4)c3)n2)cc1. The molecule has 5 heteroatoms. The number of benzene rings is 6. The van der Waals surface area contributed by atoms with Crippen LogP contribution in [0.4, 0.5) is 0 Å². The quantitative estimate of drug-likeness (QED) is 0.197. The van der Waals surface area contributed by atoms with Crippen LogP contribution in [-0.2, 0) is 0 Å². The molecule has 8 aromatic rings. The fraction of sp³-hybridized carbons (Fsp3) is 0. The Morgan fingerprint density at radius 1 is 0.356 bits per heavy atom. The highest BCUT2D eigenvalue weighted by atomic mass is 15.3. The summed E-state index contributed by atoms with van der Waals surface area (Å²) in [5.74, 6) is 1.94. The maximum absolute atomic E-state index is 4.92. The summed E-state index contributed by atoms with van der Waals surface area (Å²) in [5, 5.41) is 5.78. The van der Waals surface area contributed by atoms with E-state index < -0.39 is 0 Å². The normalized spacial score (nSPS) is 11.1. The van der Waals surface area contributed by atoms with Gasteiger partial charge in [0.2, 0.25) is 0 Å². The Morgan fingerprint density at radius 2 is 0.800 bits per heavy atom. The summed E-state index contributed by atoms with van der Waals surface area (Å²) >= 11 is 0. The van der Waals surface area contributed by atoms with Crippen LogP contribution in [0.2, 0.25) is 0 Å². The van der Waals surface area contributed by atoms with E-state index in [-0.39, 0.29) is 0 Å². The van der Waals surface area contributed by atoms with E-state index in [0.29, 0.717) is 17.5 Å². The van der Waals surface area contributed by atoms with Gasteiger partial charge in [0.05, 0.1) is 17.4 Å². The summed E-state index contributed by atoms with van der Waals surface area (Å²) < 4.78 is 1.99. The molecule has 0 saturated carbocycles. The summed E-state index contributed by atoms with van der Waals surface area (Å²) in [6.45, 7) is 0. The van der Waals surface area contributed by atoms with E-state index in [9.17, 15) is 0 Å². The summed E-state index contributed by atoms with van der Waals surface area (Å²) in [6.07, 6.45) is 1.91. The van der Waals surface area contributed by atoms with Gasteiger partial charge >= 0.3 is 0 Å². The third kappa shape index (κ3) is 5.28. The highest BCUT2D eigenvalue weighted by Gasteiger charge is 2.13. The molecule has 0 bridgehead atoms. The molecule has 0 aliphatic rings. The highest BCUT2D eigenvalue weighted by molar-refractivity contribution is 5.81. The Kier molecular flexibility index (Phi) is 6.74. The first-order chi connectivity index (χ1) is 22.3. The number of hydrogen-bond donors (Lipinski definition) is 0. The summed E-state index contributed by atoms with van der Waals surface area (Å²) in [4.78, 5) is 14.7. The van der Waals surface area contributed by atoms with Crippen molar-refractivity contribution in [3.63, 3.8) is 0 Å². The van der Waals surface area contributed by atoms with Gasteiger partial charge in [-0.3, -0.25) is 0 Å². The van der Waals surface area contributed by atoms with Crippen LogP contribution < -0.4 is 0 Å². The van der Waals surface area contributed by atoms with Gasteiger partial charge in [-0.2, -0.15) is 5.10 Å². The van der Waals surface area contributed by atoms with Crippen molar-refractivity contribution in [2.24, 2.45) is 0 Å². The van der Waals surface area contributed by atoms with E-state index in [1.807, 2.05) is 83.7 Å². The average Bonchev–Trinajstić information content (AvgIpc) is 3.57. The average molecular weight is 578 g/mol. The largest absolute Gasteiger partial charge is 0.233 e. The molecule has 0 atom stereocenters. The van der Waals surface area contributed by atoms with Gasteiger partial charge in [0.25, 0.3) is 0 Å². The van der Waals surface area contributed by atoms with Crippen LogP contribution >= 0.6 is 0 Å². The van der Waals surface area contributed by atoms with E-state index in [1.54, 1.807) is 0 Å². The third-order valence-corrected chi connectivity index (χ3v) is 7.92. The first-order valence-corrected chi connectivity index (χ1v) is 14.9. The predicted molar refractivity (Wildman–Crippen MR) is 182 cm³/mol. The van der Waals surface area contributed by atoms with Crippen LogP contribution in [0, 0.1) is 0 Å². The molecular formula is C40H27N5. The number of para-hydroxylation sites is 1. The van der Waals surface area contributed by atoms with Gasteiger partial charge in [-0.25, -0.2) is 19.6 Å². The number of nitrogens with zero attached hydrogens (tertiary/aromatic N) is 5. The molecule has 0 aliphatic heterocycles. The van der Waals surface area contributed by atoms with Gasteiger partial charge in [-0.05, 0) is 52.6 Å². The maximum Gasteiger partial charge on any atom is 0.164 e. The monoisotopic (exact) mass is 577 g/mol. The minimum Gasteiger partial charge on any atom is -0.233 e. The molecule has 0 spiro atoms. The van der Waals surface area contributed by atoms with Crippen LogP contribution in [0.5, 0.6) is 0 Å². The molecule has 8 rings (SSSR count). The van der Waals surface area contributed by atoms with Gasteiger partial charge in [0.15, 0.2) is 17.5 Å². The first kappa shape index (κ1) is 26.4. The van der Waals surface area contributed by atoms with Crippen LogP contribution in [-0.4, -0.2) is 24.7 Å². The van der Waals surface area contributed by atoms with Crippen LogP contribution in [0.25, 0.3) is 73.0 Å². The summed E-state index contributed by atoms with van der Waals surface area (Å²) in [6, 6.07) is 53.9. The van der Waals surface area contributed by atoms with Crippen LogP contribution in [0.15, 0.2) is 164 Å². The van der Waals surface area contributed by atoms with Gasteiger partial charge in [0.1, 0.15) is 0 Å². The Balaban J connectivity index is 1.17. The molecule has 0 N–H and O–H groups in total. The molecule has 2 aromatic heterocycles. The minimum atomic E-state index is 0.639. The predicted octanol–water partition coefficient (Wildman–Crippen LogP) is 9.55. The van der Waals surface area contributed by atoms with Gasteiger partial charge in [-0.15, -0.1) is 0 Å². The summed E-state index contributed by atoms with van der Waals surface area (Å²) in [5.41, 5.74) is 9.42. The number of hydrogen-bond acceptors (Lipinski definition) is 4. The lowest BCUT2D eigenvalue weighted by Crippen LogP contribution is -2.00. The van der Waals surface area contributed by atoms with Crippen LogP contribution in [0.1, 0.15) is 0 Å². The Morgan fingerprint density at radius 3 is 1.42 bits per heavy atom. The Bertz CT molecular complexity index is 2220. The third-order valence-electron chi connectivity index (χ3n) is 7.92. The molecule has 0 fully saturated rings. The maximum atomic E-state index is 4.92. The zero-order chi connectivity index (χ0) is 30.0. The van der Waals surface area contributed by atoms with Crippen LogP contribution in [0.3, 0.4) is 0 Å². The zero-order valence-electron chi connectivity index (χ0n) is 24.3. The topological polar surface area (TPSA) is 56.5 Å². The number of aromatic nitrogens is 5. The summed E-state index contributed by atoms with van der Waals surface area (Å²) in [7, 11) is 0. The molecule has 5 nitrogen and oxygen atoms in total. The zero-order valence-corrected chi connectivity index (χ0v) is 24.3. The van der Waals surface area contributed by atoms with E-state index >= 15 is 0 Å². The molecule has 45 heavy (non-hydrogen) atoms. The van der Waals surface area contributed by atoms with Crippen molar-refractivity contribution in [3.8, 4) is 62.1 Å². The minimum absolute atomic E-state index is 0.639. The second kappa shape index (κ2) is 11.5. The standard InChI is InChI=1S/C40H27N5/c1-3-12-28(13-4-1)38-42-39(29-14-5-2-6-15-29)44-40(43-38)34-21-10-19-32(25-34)30-17-9-18-31(24-30)33-20-11-22-36(26-33)45-37-23-8-7-16-35(37)27-41-45/h1-27H. The molecule has 0 saturated heterocycles. The van der Waals surface area contributed by atoms with Gasteiger partial charge < -0.3 is 0 Å². The lowest BCUT2D eigenvalue weighted by atomic mass is 9.97. The van der Waals surface area contributed by atoms with Crippen molar-refractivity contribution in [1.29, 1.82) is 0 Å². The molecular weight excluding hydrogens is 550 g/mol. The second-order valence-electron chi connectivity index (χ2n) is 10.9. The van der Waals surface area contributed by atoms with Crippen molar-refractivity contribution >= 4 is 10.9 Å². The Labute approximate surface area is 261 Å². The van der Waals surface area contributed by atoms with Crippen molar-refractivity contribution in [1.82, 2.24) is 24.7 Å². The first-order valence-electron chi connectivity index (χ1n) is 14.9. The van der Waals surface area contributed by atoms with Gasteiger partial charge in [-0.1, -0.05) is 127 Å². The number of rotatable bonds is 6. The molecule has 0 unspecified atom stereocenters. The lowest BCUT2D eigenvalue weighted by molar-refractivity contribution is 0.911. The molecule has 6 aromatic carbocycles. The smallest absolute Gasteiger partial charge is 0.164 e.